The van der Waals surface area contributed by atoms with Crippen molar-refractivity contribution in [2.75, 3.05) is 26.7 Å². The van der Waals surface area contributed by atoms with Crippen molar-refractivity contribution in [3.63, 3.8) is 0 Å². The second-order valence-corrected chi connectivity index (χ2v) is 6.36. The molecular formula is C20H30IN5O2. The third-order valence-corrected chi connectivity index (χ3v) is 4.14. The lowest BCUT2D eigenvalue weighted by Gasteiger charge is -2.22. The molecule has 0 fully saturated rings. The number of hydrogen-bond acceptors (Lipinski definition) is 3. The van der Waals surface area contributed by atoms with E-state index in [-0.39, 0.29) is 35.6 Å². The summed E-state index contributed by atoms with van der Waals surface area (Å²) in [7, 11) is 4.04. The molecule has 0 aliphatic carbocycles. The van der Waals surface area contributed by atoms with Crippen LogP contribution in [0.25, 0.3) is 0 Å². The second kappa shape index (κ2) is 12.3. The molecule has 154 valence electrons. The van der Waals surface area contributed by atoms with Crippen molar-refractivity contribution >= 4 is 35.8 Å². The highest BCUT2D eigenvalue weighted by molar-refractivity contribution is 14.0. The maximum Gasteiger partial charge on any atom is 0.251 e. The summed E-state index contributed by atoms with van der Waals surface area (Å²) in [6, 6.07) is 10.4. The number of halogens is 1. The first-order chi connectivity index (χ1) is 13.0. The monoisotopic (exact) mass is 499 g/mol. The highest BCUT2D eigenvalue weighted by atomic mass is 127. The van der Waals surface area contributed by atoms with Gasteiger partial charge in [-0.25, -0.2) is 0 Å². The first kappa shape index (κ1) is 23.8. The van der Waals surface area contributed by atoms with Crippen molar-refractivity contribution in [3.05, 3.63) is 53.9 Å². The summed E-state index contributed by atoms with van der Waals surface area (Å²) in [5.74, 6) is 0.740. The molecule has 0 bridgehead atoms. The van der Waals surface area contributed by atoms with Crippen LogP contribution in [0.5, 0.6) is 5.75 Å². The van der Waals surface area contributed by atoms with Gasteiger partial charge < -0.3 is 25.2 Å². The maximum absolute atomic E-state index is 12.0. The minimum Gasteiger partial charge on any atom is -0.508 e. The Morgan fingerprint density at radius 2 is 2.04 bits per heavy atom. The number of hydrogen-bond donors (Lipinski definition) is 3. The summed E-state index contributed by atoms with van der Waals surface area (Å²) >= 11 is 0. The first-order valence-corrected chi connectivity index (χ1v) is 9.18. The van der Waals surface area contributed by atoms with Gasteiger partial charge in [-0.1, -0.05) is 6.07 Å². The normalized spacial score (nSPS) is 10.9. The molecule has 1 aromatic carbocycles. The average molecular weight is 499 g/mol. The number of phenols is 1. The number of aromatic nitrogens is 1. The second-order valence-electron chi connectivity index (χ2n) is 6.36. The van der Waals surface area contributed by atoms with Gasteiger partial charge in [0.2, 0.25) is 0 Å². The summed E-state index contributed by atoms with van der Waals surface area (Å²) in [4.78, 5) is 18.8. The molecule has 0 radical (unpaired) electrons. The van der Waals surface area contributed by atoms with E-state index < -0.39 is 0 Å². The number of guanidine groups is 1. The van der Waals surface area contributed by atoms with Gasteiger partial charge >= 0.3 is 0 Å². The molecule has 3 N–H and O–H groups in total. The minimum absolute atomic E-state index is 0. The van der Waals surface area contributed by atoms with E-state index in [2.05, 4.69) is 31.2 Å². The van der Waals surface area contributed by atoms with Crippen LogP contribution in [0, 0.1) is 0 Å². The van der Waals surface area contributed by atoms with Gasteiger partial charge in [0.05, 0.1) is 6.54 Å². The van der Waals surface area contributed by atoms with Crippen LogP contribution >= 0.6 is 24.0 Å². The fourth-order valence-corrected chi connectivity index (χ4v) is 2.66. The van der Waals surface area contributed by atoms with Crippen molar-refractivity contribution in [1.29, 1.82) is 0 Å². The van der Waals surface area contributed by atoms with Crippen molar-refractivity contribution in [2.24, 2.45) is 12.0 Å². The third-order valence-electron chi connectivity index (χ3n) is 4.14. The summed E-state index contributed by atoms with van der Waals surface area (Å²) < 4.78 is 2.09. The third kappa shape index (κ3) is 7.41. The van der Waals surface area contributed by atoms with Gasteiger partial charge in [0.25, 0.3) is 5.91 Å². The molecule has 8 heteroatoms. The van der Waals surface area contributed by atoms with Gasteiger partial charge in [0.15, 0.2) is 5.96 Å². The first-order valence-electron chi connectivity index (χ1n) is 9.18. The molecule has 0 saturated carbocycles. The van der Waals surface area contributed by atoms with Gasteiger partial charge in [-0.3, -0.25) is 9.79 Å². The molecule has 2 aromatic rings. The number of nitrogens with zero attached hydrogens (tertiary/aromatic N) is 3. The van der Waals surface area contributed by atoms with Crippen LogP contribution < -0.4 is 10.6 Å². The Bertz CT molecular complexity index is 775. The SMILES string of the molecule is CCNC(=NCCCNC(=O)c1cccc(O)c1)N(C)Cc1cccn1C.I. The largest absolute Gasteiger partial charge is 0.508 e. The van der Waals surface area contributed by atoms with Crippen LogP contribution in [-0.4, -0.2) is 53.1 Å². The average Bonchev–Trinajstić information content (AvgIpc) is 3.05. The molecule has 2 rings (SSSR count). The Kier molecular flexibility index (Phi) is 10.4. The highest BCUT2D eigenvalue weighted by Gasteiger charge is 2.08. The lowest BCUT2D eigenvalue weighted by molar-refractivity contribution is 0.0953. The van der Waals surface area contributed by atoms with E-state index in [1.54, 1.807) is 18.2 Å². The summed E-state index contributed by atoms with van der Waals surface area (Å²) in [5, 5.41) is 15.6. The van der Waals surface area contributed by atoms with Crippen molar-refractivity contribution in [2.45, 2.75) is 19.9 Å². The van der Waals surface area contributed by atoms with E-state index in [1.807, 2.05) is 33.3 Å². The summed E-state index contributed by atoms with van der Waals surface area (Å²) in [6.07, 6.45) is 2.76. The zero-order chi connectivity index (χ0) is 19.6. The van der Waals surface area contributed by atoms with Gasteiger partial charge in [-0.15, -0.1) is 24.0 Å². The Morgan fingerprint density at radius 3 is 2.68 bits per heavy atom. The van der Waals surface area contributed by atoms with Crippen LogP contribution in [0.3, 0.4) is 0 Å². The smallest absolute Gasteiger partial charge is 0.251 e. The number of aryl methyl sites for hydroxylation is 1. The zero-order valence-corrected chi connectivity index (χ0v) is 19.0. The molecule has 0 atom stereocenters. The Morgan fingerprint density at radius 1 is 1.25 bits per heavy atom. The van der Waals surface area contributed by atoms with E-state index in [0.717, 1.165) is 25.5 Å². The highest BCUT2D eigenvalue weighted by Crippen LogP contribution is 2.10. The molecule has 1 aromatic heterocycles. The van der Waals surface area contributed by atoms with Gasteiger partial charge in [0.1, 0.15) is 5.75 Å². The van der Waals surface area contributed by atoms with E-state index in [1.165, 1.54) is 11.8 Å². The maximum atomic E-state index is 12.0. The Labute approximate surface area is 183 Å². The van der Waals surface area contributed by atoms with Crippen LogP contribution in [0.4, 0.5) is 0 Å². The number of amides is 1. The Hall–Kier alpha value is -2.23. The molecule has 7 nitrogen and oxygen atoms in total. The van der Waals surface area contributed by atoms with Crippen LogP contribution in [0.1, 0.15) is 29.4 Å². The van der Waals surface area contributed by atoms with Gasteiger partial charge in [-0.2, -0.15) is 0 Å². The molecule has 0 aliphatic heterocycles. The number of aliphatic imine (C=N–C) groups is 1. The number of phenolic OH excluding ortho intramolecular Hbond substituents is 1. The predicted molar refractivity (Wildman–Crippen MR) is 123 cm³/mol. The molecule has 1 heterocycles. The van der Waals surface area contributed by atoms with Crippen molar-refractivity contribution in [3.8, 4) is 5.75 Å². The lowest BCUT2D eigenvalue weighted by atomic mass is 10.2. The molecule has 0 spiro atoms. The zero-order valence-electron chi connectivity index (χ0n) is 16.7. The number of aromatic hydroxyl groups is 1. The number of benzene rings is 1. The van der Waals surface area contributed by atoms with Crippen LogP contribution in [-0.2, 0) is 13.6 Å². The van der Waals surface area contributed by atoms with Crippen LogP contribution in [0.15, 0.2) is 47.6 Å². The lowest BCUT2D eigenvalue weighted by Crippen LogP contribution is -2.39. The van der Waals surface area contributed by atoms with Crippen molar-refractivity contribution < 1.29 is 9.90 Å². The fourth-order valence-electron chi connectivity index (χ4n) is 2.66. The molecule has 1 amide bonds. The molecule has 0 aliphatic rings. The molecule has 0 unspecified atom stereocenters. The van der Waals surface area contributed by atoms with E-state index in [9.17, 15) is 9.90 Å². The molecular weight excluding hydrogens is 469 g/mol. The molecule has 0 saturated heterocycles. The van der Waals surface area contributed by atoms with Gasteiger partial charge in [-0.05, 0) is 43.7 Å². The van der Waals surface area contributed by atoms with E-state index >= 15 is 0 Å². The minimum atomic E-state index is -0.192. The summed E-state index contributed by atoms with van der Waals surface area (Å²) in [5.41, 5.74) is 1.66. The topological polar surface area (TPSA) is 81.9 Å². The van der Waals surface area contributed by atoms with E-state index in [4.69, 9.17) is 0 Å². The predicted octanol–water partition coefficient (Wildman–Crippen LogP) is 2.57. The van der Waals surface area contributed by atoms with Gasteiger partial charge in [0, 0.05) is 51.2 Å². The Balaban J connectivity index is 0.00000392. The number of rotatable bonds is 8. The number of carbonyl (C=O) groups excluding carboxylic acids is 1. The van der Waals surface area contributed by atoms with Crippen LogP contribution in [0.2, 0.25) is 0 Å². The number of nitrogens with one attached hydrogen (secondary N) is 2. The van der Waals surface area contributed by atoms with E-state index in [0.29, 0.717) is 18.7 Å². The summed E-state index contributed by atoms with van der Waals surface area (Å²) in [6.45, 7) is 4.74. The fraction of sp³-hybridized carbons (Fsp3) is 0.400. The standard InChI is InChI=1S/C20H29N5O2.HI/c1-4-21-20(25(3)15-17-9-6-13-24(17)2)23-12-7-11-22-19(27)16-8-5-10-18(26)14-16;/h5-6,8-10,13-14,26H,4,7,11-12,15H2,1-3H3,(H,21,23)(H,22,27);1H. The van der Waals surface area contributed by atoms with Crippen molar-refractivity contribution in [1.82, 2.24) is 20.1 Å². The number of carbonyl (C=O) groups is 1. The quantitative estimate of drug-likeness (QED) is 0.226. The molecule has 28 heavy (non-hydrogen) atoms.